The molecule has 0 radical (unpaired) electrons. The molecule has 1 saturated carbocycles. The number of carbonyl (C=O) groups excluding carboxylic acids is 1. The number of rotatable bonds is 5. The highest BCUT2D eigenvalue weighted by Crippen LogP contribution is 2.29. The molecule has 1 atom stereocenters. The van der Waals surface area contributed by atoms with Crippen LogP contribution in [-0.2, 0) is 4.79 Å². The van der Waals surface area contributed by atoms with E-state index in [1.165, 1.54) is 6.07 Å². The van der Waals surface area contributed by atoms with Crippen molar-refractivity contribution < 1.29 is 18.3 Å². The van der Waals surface area contributed by atoms with E-state index in [9.17, 15) is 13.6 Å². The monoisotopic (exact) mass is 348 g/mol. The molecule has 7 heteroatoms. The third kappa shape index (κ3) is 5.04. The summed E-state index contributed by atoms with van der Waals surface area (Å²) in [7, 11) is 0. The Kier molecular flexibility index (Phi) is 7.22. The highest BCUT2D eigenvalue weighted by Gasteiger charge is 2.36. The maximum Gasteiger partial charge on any atom is 0.387 e. The van der Waals surface area contributed by atoms with Crippen molar-refractivity contribution in [3.63, 3.8) is 0 Å². The van der Waals surface area contributed by atoms with Crippen LogP contribution in [-0.4, -0.2) is 18.1 Å². The van der Waals surface area contributed by atoms with Crippen LogP contribution in [0.1, 0.15) is 50.6 Å². The Balaban J connectivity index is 0.00000264. The highest BCUT2D eigenvalue weighted by molar-refractivity contribution is 5.86. The van der Waals surface area contributed by atoms with Crippen LogP contribution in [0.4, 0.5) is 8.78 Å². The molecule has 1 unspecified atom stereocenters. The largest absolute Gasteiger partial charge is 0.434 e. The van der Waals surface area contributed by atoms with Gasteiger partial charge < -0.3 is 15.8 Å². The number of carbonyl (C=O) groups is 1. The molecule has 0 aromatic heterocycles. The third-order valence-electron chi connectivity index (χ3n) is 4.15. The molecular formula is C16H23ClF2N2O2. The number of para-hydroxylation sites is 1. The summed E-state index contributed by atoms with van der Waals surface area (Å²) in [5.74, 6) is -0.161. The molecular weight excluding hydrogens is 326 g/mol. The van der Waals surface area contributed by atoms with E-state index in [1.807, 2.05) is 0 Å². The molecule has 4 nitrogen and oxygen atoms in total. The van der Waals surface area contributed by atoms with Gasteiger partial charge in [0.25, 0.3) is 0 Å². The van der Waals surface area contributed by atoms with Crippen LogP contribution < -0.4 is 15.8 Å². The van der Waals surface area contributed by atoms with Gasteiger partial charge in [0.2, 0.25) is 5.91 Å². The number of amides is 1. The molecule has 0 heterocycles. The molecule has 0 bridgehead atoms. The summed E-state index contributed by atoms with van der Waals surface area (Å²) in [6.45, 7) is -1.17. The van der Waals surface area contributed by atoms with Crippen LogP contribution in [0, 0.1) is 0 Å². The summed E-state index contributed by atoms with van der Waals surface area (Å²) in [5.41, 5.74) is 5.84. The summed E-state index contributed by atoms with van der Waals surface area (Å²) in [6.07, 6.45) is 4.26. The van der Waals surface area contributed by atoms with Crippen molar-refractivity contribution in [1.29, 1.82) is 0 Å². The lowest BCUT2D eigenvalue weighted by molar-refractivity contribution is -0.128. The second-order valence-corrected chi connectivity index (χ2v) is 5.83. The summed E-state index contributed by atoms with van der Waals surface area (Å²) < 4.78 is 29.4. The van der Waals surface area contributed by atoms with E-state index in [0.29, 0.717) is 18.4 Å². The Hall–Kier alpha value is -1.40. The van der Waals surface area contributed by atoms with Gasteiger partial charge >= 0.3 is 6.61 Å². The fraction of sp³-hybridized carbons (Fsp3) is 0.562. The lowest BCUT2D eigenvalue weighted by atomic mass is 9.81. The van der Waals surface area contributed by atoms with Gasteiger partial charge in [-0.3, -0.25) is 4.79 Å². The smallest absolute Gasteiger partial charge is 0.387 e. The van der Waals surface area contributed by atoms with E-state index >= 15 is 0 Å². The highest BCUT2D eigenvalue weighted by atomic mass is 35.5. The van der Waals surface area contributed by atoms with Gasteiger partial charge in [0.05, 0.1) is 11.6 Å². The summed E-state index contributed by atoms with van der Waals surface area (Å²) in [6, 6.07) is 6.00. The van der Waals surface area contributed by atoms with Gasteiger partial charge in [-0.15, -0.1) is 12.4 Å². The van der Waals surface area contributed by atoms with Crippen molar-refractivity contribution in [2.45, 2.75) is 57.2 Å². The molecule has 1 amide bonds. The number of benzene rings is 1. The summed E-state index contributed by atoms with van der Waals surface area (Å²) >= 11 is 0. The van der Waals surface area contributed by atoms with Crippen molar-refractivity contribution in [2.75, 3.05) is 0 Å². The number of nitrogens with one attached hydrogen (secondary N) is 1. The molecule has 1 aliphatic rings. The normalized spacial score (nSPS) is 18.0. The molecule has 1 aromatic carbocycles. The first-order valence-electron chi connectivity index (χ1n) is 7.56. The van der Waals surface area contributed by atoms with Crippen LogP contribution in [0.25, 0.3) is 0 Å². The minimum atomic E-state index is -2.90. The van der Waals surface area contributed by atoms with Crippen LogP contribution in [0.2, 0.25) is 0 Å². The molecule has 23 heavy (non-hydrogen) atoms. The minimum absolute atomic E-state index is 0. The quantitative estimate of drug-likeness (QED) is 0.855. The van der Waals surface area contributed by atoms with E-state index in [2.05, 4.69) is 10.1 Å². The van der Waals surface area contributed by atoms with E-state index < -0.39 is 18.2 Å². The predicted molar refractivity (Wildman–Crippen MR) is 86.9 cm³/mol. The average Bonchev–Trinajstić information content (AvgIpc) is 2.47. The SMILES string of the molecule is CC(NC(=O)C1(N)CCCCC1)c1ccccc1OC(F)F.Cl. The van der Waals surface area contributed by atoms with E-state index in [0.717, 1.165) is 19.3 Å². The number of halogens is 3. The molecule has 1 aliphatic carbocycles. The molecule has 0 saturated heterocycles. The number of nitrogens with two attached hydrogens (primary N) is 1. The van der Waals surface area contributed by atoms with Gasteiger partial charge in [0, 0.05) is 5.56 Å². The third-order valence-corrected chi connectivity index (χ3v) is 4.15. The molecule has 3 N–H and O–H groups in total. The van der Waals surface area contributed by atoms with E-state index in [1.54, 1.807) is 25.1 Å². The van der Waals surface area contributed by atoms with Crippen LogP contribution in [0.5, 0.6) is 5.75 Å². The summed E-state index contributed by atoms with van der Waals surface area (Å²) in [5, 5.41) is 2.83. The first kappa shape index (κ1) is 19.6. The number of hydrogen-bond donors (Lipinski definition) is 2. The Morgan fingerprint density at radius 1 is 1.26 bits per heavy atom. The van der Waals surface area contributed by atoms with Crippen molar-refractivity contribution in [3.05, 3.63) is 29.8 Å². The zero-order valence-electron chi connectivity index (χ0n) is 13.1. The first-order valence-corrected chi connectivity index (χ1v) is 7.56. The van der Waals surface area contributed by atoms with Crippen molar-refractivity contribution in [1.82, 2.24) is 5.32 Å². The lowest BCUT2D eigenvalue weighted by Crippen LogP contribution is -2.55. The standard InChI is InChI=1S/C16H22F2N2O2.ClH/c1-11(12-7-3-4-8-13(12)22-15(17)18)20-14(21)16(19)9-5-2-6-10-16;/h3-4,7-8,11,15H,2,5-6,9-10,19H2,1H3,(H,20,21);1H. The van der Waals surface area contributed by atoms with Crippen molar-refractivity contribution >= 4 is 18.3 Å². The van der Waals surface area contributed by atoms with Crippen LogP contribution >= 0.6 is 12.4 Å². The maximum absolute atomic E-state index is 12.4. The van der Waals surface area contributed by atoms with Gasteiger partial charge in [-0.1, -0.05) is 37.5 Å². The second-order valence-electron chi connectivity index (χ2n) is 5.83. The van der Waals surface area contributed by atoms with Crippen molar-refractivity contribution in [2.24, 2.45) is 5.73 Å². The molecule has 2 rings (SSSR count). The summed E-state index contributed by atoms with van der Waals surface area (Å²) in [4.78, 5) is 12.4. The Morgan fingerprint density at radius 3 is 2.48 bits per heavy atom. The number of alkyl halides is 2. The van der Waals surface area contributed by atoms with Crippen LogP contribution in [0.3, 0.4) is 0 Å². The fourth-order valence-corrected chi connectivity index (χ4v) is 2.87. The zero-order chi connectivity index (χ0) is 16.2. The van der Waals surface area contributed by atoms with E-state index in [4.69, 9.17) is 5.73 Å². The van der Waals surface area contributed by atoms with Gasteiger partial charge in [0.1, 0.15) is 5.75 Å². The Morgan fingerprint density at radius 2 is 1.87 bits per heavy atom. The predicted octanol–water partition coefficient (Wildman–Crippen LogP) is 3.55. The second kappa shape index (κ2) is 8.45. The van der Waals surface area contributed by atoms with Gasteiger partial charge in [-0.25, -0.2) is 0 Å². The molecule has 1 fully saturated rings. The number of hydrogen-bond acceptors (Lipinski definition) is 3. The molecule has 0 spiro atoms. The molecule has 1 aromatic rings. The topological polar surface area (TPSA) is 64.4 Å². The van der Waals surface area contributed by atoms with Gasteiger partial charge in [-0.2, -0.15) is 8.78 Å². The lowest BCUT2D eigenvalue weighted by Gasteiger charge is -2.33. The first-order chi connectivity index (χ1) is 10.4. The maximum atomic E-state index is 12.4. The molecule has 130 valence electrons. The Labute approximate surface area is 141 Å². The van der Waals surface area contributed by atoms with Gasteiger partial charge in [-0.05, 0) is 25.8 Å². The average molecular weight is 349 g/mol. The van der Waals surface area contributed by atoms with Gasteiger partial charge in [0.15, 0.2) is 0 Å². The van der Waals surface area contributed by atoms with Crippen LogP contribution in [0.15, 0.2) is 24.3 Å². The molecule has 0 aliphatic heterocycles. The number of ether oxygens (including phenoxy) is 1. The zero-order valence-corrected chi connectivity index (χ0v) is 13.9. The fourth-order valence-electron chi connectivity index (χ4n) is 2.87. The minimum Gasteiger partial charge on any atom is -0.434 e. The van der Waals surface area contributed by atoms with E-state index in [-0.39, 0.29) is 24.1 Å². The van der Waals surface area contributed by atoms with Crippen molar-refractivity contribution in [3.8, 4) is 5.75 Å². The Bertz CT molecular complexity index is 523.